The lowest BCUT2D eigenvalue weighted by Gasteiger charge is -1.82. The van der Waals surface area contributed by atoms with Gasteiger partial charge in [0.25, 0.3) is 0 Å². The Morgan fingerprint density at radius 2 is 2.40 bits per heavy atom. The molecule has 2 heteroatoms. The molecule has 2 N–H and O–H groups in total. The van der Waals surface area contributed by atoms with E-state index in [1.165, 1.54) is 0 Å². The molecule has 0 unspecified atom stereocenters. The molecule has 1 aromatic carbocycles. The second kappa shape index (κ2) is 1.77. The van der Waals surface area contributed by atoms with Gasteiger partial charge >= 0.3 is 0 Å². The molecule has 0 aliphatic carbocycles. The molecule has 2 rings (SSSR count). The molecule has 0 atom stereocenters. The fourth-order valence-electron chi connectivity index (χ4n) is 0.990. The van der Waals surface area contributed by atoms with Crippen LogP contribution >= 0.6 is 0 Å². The first-order chi connectivity index (χ1) is 4.86. The summed E-state index contributed by atoms with van der Waals surface area (Å²) < 4.78 is 0. The maximum Gasteiger partial charge on any atom is 0.189 e. The van der Waals surface area contributed by atoms with Crippen LogP contribution in [-0.4, -0.2) is 10.1 Å². The van der Waals surface area contributed by atoms with Crippen molar-refractivity contribution in [2.45, 2.75) is 0 Å². The van der Waals surface area contributed by atoms with E-state index >= 15 is 0 Å². The minimum atomic E-state index is 0.192. The van der Waals surface area contributed by atoms with Gasteiger partial charge in [0.15, 0.2) is 5.88 Å². The third kappa shape index (κ3) is 0.658. The van der Waals surface area contributed by atoms with Crippen LogP contribution < -0.4 is 0 Å². The Morgan fingerprint density at radius 3 is 3.20 bits per heavy atom. The number of aromatic nitrogens is 1. The van der Waals surface area contributed by atoms with Crippen LogP contribution in [0.1, 0.15) is 0 Å². The number of hydrogen-bond acceptors (Lipinski definition) is 1. The maximum atomic E-state index is 8.98. The average Bonchev–Trinajstić information content (AvgIpc) is 2.27. The van der Waals surface area contributed by atoms with Crippen LogP contribution in [0.4, 0.5) is 0 Å². The Bertz CT molecular complexity index is 318. The lowest BCUT2D eigenvalue weighted by Crippen LogP contribution is -1.63. The van der Waals surface area contributed by atoms with Gasteiger partial charge in [-0.2, -0.15) is 0 Å². The molecule has 0 bridgehead atoms. The average molecular weight is 132 g/mol. The standard InChI is InChI=1S/C8H6NO/c10-8-5-6-3-1-2-4-7(6)9-8/h1-3,5,9-10H. The van der Waals surface area contributed by atoms with Crippen molar-refractivity contribution in [2.24, 2.45) is 0 Å². The van der Waals surface area contributed by atoms with E-state index in [2.05, 4.69) is 11.1 Å². The second-order valence-corrected chi connectivity index (χ2v) is 2.16. The number of hydrogen-bond donors (Lipinski definition) is 2. The summed E-state index contributed by atoms with van der Waals surface area (Å²) in [4.78, 5) is 2.76. The number of rotatable bonds is 0. The number of benzene rings is 1. The highest BCUT2D eigenvalue weighted by Crippen LogP contribution is 2.17. The highest BCUT2D eigenvalue weighted by Gasteiger charge is 1.94. The SMILES string of the molecule is Oc1cc2ccc[c]c2[nH]1. The zero-order chi connectivity index (χ0) is 6.97. The lowest BCUT2D eigenvalue weighted by molar-refractivity contribution is 0.458. The number of H-pyrrole nitrogens is 1. The molecule has 0 aliphatic rings. The van der Waals surface area contributed by atoms with E-state index in [9.17, 15) is 0 Å². The molecule has 1 aromatic heterocycles. The Morgan fingerprint density at radius 1 is 1.50 bits per heavy atom. The fraction of sp³-hybridized carbons (Fsp3) is 0. The first-order valence-corrected chi connectivity index (χ1v) is 3.04. The Kier molecular flexibility index (Phi) is 0.947. The third-order valence-corrected chi connectivity index (χ3v) is 1.43. The van der Waals surface area contributed by atoms with Crippen LogP contribution in [0, 0.1) is 6.07 Å². The molecule has 49 valence electrons. The lowest BCUT2D eigenvalue weighted by atomic mass is 10.3. The Balaban J connectivity index is 2.88. The van der Waals surface area contributed by atoms with Crippen molar-refractivity contribution < 1.29 is 5.11 Å². The van der Waals surface area contributed by atoms with Crippen molar-refractivity contribution in [1.29, 1.82) is 0 Å². The van der Waals surface area contributed by atoms with E-state index in [1.54, 1.807) is 12.1 Å². The van der Waals surface area contributed by atoms with Crippen molar-refractivity contribution in [3.8, 4) is 5.88 Å². The summed E-state index contributed by atoms with van der Waals surface area (Å²) in [5, 5.41) is 9.97. The van der Waals surface area contributed by atoms with Crippen LogP contribution in [-0.2, 0) is 0 Å². The summed E-state index contributed by atoms with van der Waals surface area (Å²) in [5.41, 5.74) is 0.847. The van der Waals surface area contributed by atoms with Gasteiger partial charge in [0.1, 0.15) is 0 Å². The Hall–Kier alpha value is -1.44. The molecule has 1 radical (unpaired) electrons. The van der Waals surface area contributed by atoms with Gasteiger partial charge in [0.2, 0.25) is 0 Å². The van der Waals surface area contributed by atoms with E-state index in [-0.39, 0.29) is 5.88 Å². The minimum Gasteiger partial charge on any atom is -0.495 e. The highest BCUT2D eigenvalue weighted by molar-refractivity contribution is 5.80. The molecule has 2 aromatic rings. The molecule has 2 nitrogen and oxygen atoms in total. The highest BCUT2D eigenvalue weighted by atomic mass is 16.3. The topological polar surface area (TPSA) is 36.0 Å². The predicted octanol–water partition coefficient (Wildman–Crippen LogP) is 1.67. The first-order valence-electron chi connectivity index (χ1n) is 3.04. The van der Waals surface area contributed by atoms with E-state index in [0.29, 0.717) is 0 Å². The van der Waals surface area contributed by atoms with Crippen LogP contribution in [0.15, 0.2) is 24.3 Å². The van der Waals surface area contributed by atoms with Gasteiger partial charge in [-0.3, -0.25) is 0 Å². The molecule has 0 saturated carbocycles. The molecule has 0 spiro atoms. The fourth-order valence-corrected chi connectivity index (χ4v) is 0.990. The number of para-hydroxylation sites is 1. The largest absolute Gasteiger partial charge is 0.495 e. The van der Waals surface area contributed by atoms with Crippen molar-refractivity contribution >= 4 is 10.9 Å². The predicted molar refractivity (Wildman–Crippen MR) is 38.8 cm³/mol. The van der Waals surface area contributed by atoms with Gasteiger partial charge in [0.05, 0.1) is 5.52 Å². The van der Waals surface area contributed by atoms with Gasteiger partial charge in [0, 0.05) is 17.5 Å². The monoisotopic (exact) mass is 132 g/mol. The van der Waals surface area contributed by atoms with Crippen molar-refractivity contribution in [2.75, 3.05) is 0 Å². The van der Waals surface area contributed by atoms with Crippen LogP contribution in [0.3, 0.4) is 0 Å². The van der Waals surface area contributed by atoms with Gasteiger partial charge in [-0.05, 0) is 0 Å². The molecule has 10 heavy (non-hydrogen) atoms. The second-order valence-electron chi connectivity index (χ2n) is 2.16. The summed E-state index contributed by atoms with van der Waals surface area (Å²) >= 11 is 0. The molecular formula is C8H6NO. The van der Waals surface area contributed by atoms with E-state index in [1.807, 2.05) is 12.1 Å². The Labute approximate surface area is 58.1 Å². The van der Waals surface area contributed by atoms with Crippen LogP contribution in [0.25, 0.3) is 10.9 Å². The van der Waals surface area contributed by atoms with Gasteiger partial charge < -0.3 is 10.1 Å². The summed E-state index contributed by atoms with van der Waals surface area (Å²) in [7, 11) is 0. The summed E-state index contributed by atoms with van der Waals surface area (Å²) in [6.07, 6.45) is 0. The molecule has 0 amide bonds. The van der Waals surface area contributed by atoms with Gasteiger partial charge in [-0.25, -0.2) is 0 Å². The molecule has 0 aliphatic heterocycles. The number of fused-ring (bicyclic) bond motifs is 1. The number of aromatic amines is 1. The third-order valence-electron chi connectivity index (χ3n) is 1.43. The quantitative estimate of drug-likeness (QED) is 0.562. The van der Waals surface area contributed by atoms with Gasteiger partial charge in [-0.15, -0.1) is 0 Å². The molecule has 0 fully saturated rings. The molecule has 1 heterocycles. The zero-order valence-electron chi connectivity index (χ0n) is 5.26. The van der Waals surface area contributed by atoms with Crippen molar-refractivity contribution in [3.05, 3.63) is 30.3 Å². The van der Waals surface area contributed by atoms with E-state index < -0.39 is 0 Å². The number of aromatic hydroxyl groups is 1. The van der Waals surface area contributed by atoms with E-state index in [4.69, 9.17) is 5.11 Å². The molecule has 0 saturated heterocycles. The van der Waals surface area contributed by atoms with Crippen molar-refractivity contribution in [3.63, 3.8) is 0 Å². The maximum absolute atomic E-state index is 8.98. The van der Waals surface area contributed by atoms with Crippen LogP contribution in [0.2, 0.25) is 0 Å². The number of nitrogens with one attached hydrogen (secondary N) is 1. The first kappa shape index (κ1) is 5.35. The zero-order valence-corrected chi connectivity index (χ0v) is 5.26. The van der Waals surface area contributed by atoms with E-state index in [0.717, 1.165) is 10.9 Å². The normalized spacial score (nSPS) is 10.4. The summed E-state index contributed by atoms with van der Waals surface area (Å²) in [6.45, 7) is 0. The van der Waals surface area contributed by atoms with Gasteiger partial charge in [-0.1, -0.05) is 18.2 Å². The minimum absolute atomic E-state index is 0.192. The summed E-state index contributed by atoms with van der Waals surface area (Å²) in [5.74, 6) is 0.192. The van der Waals surface area contributed by atoms with Crippen LogP contribution in [0.5, 0.6) is 5.88 Å². The van der Waals surface area contributed by atoms with Crippen molar-refractivity contribution in [1.82, 2.24) is 4.98 Å². The summed E-state index contributed by atoms with van der Waals surface area (Å²) in [6, 6.07) is 10.2. The molecular weight excluding hydrogens is 126 g/mol. The smallest absolute Gasteiger partial charge is 0.189 e.